The Morgan fingerprint density at radius 1 is 1.32 bits per heavy atom. The van der Waals surface area contributed by atoms with Crippen molar-refractivity contribution in [1.82, 2.24) is 4.90 Å². The first-order valence-corrected chi connectivity index (χ1v) is 8.15. The van der Waals surface area contributed by atoms with E-state index in [0.717, 1.165) is 18.4 Å². The predicted octanol–water partition coefficient (Wildman–Crippen LogP) is 3.58. The third kappa shape index (κ3) is 4.23. The first-order valence-electron chi connectivity index (χ1n) is 7.77. The molecule has 120 valence electrons. The van der Waals surface area contributed by atoms with Gasteiger partial charge in [0.15, 0.2) is 0 Å². The highest BCUT2D eigenvalue weighted by Crippen LogP contribution is 2.31. The number of carbonyl (C=O) groups excluding carboxylic acids is 1. The molecule has 2 atom stereocenters. The first-order chi connectivity index (χ1) is 10.5. The van der Waals surface area contributed by atoms with E-state index in [4.69, 9.17) is 16.7 Å². The normalized spacial score (nSPS) is 21.4. The van der Waals surface area contributed by atoms with E-state index in [1.54, 1.807) is 4.90 Å². The number of carboxylic acids is 1. The Kier molecular flexibility index (Phi) is 5.83. The number of halogens is 1. The van der Waals surface area contributed by atoms with Gasteiger partial charge in [-0.05, 0) is 43.9 Å². The zero-order valence-electron chi connectivity index (χ0n) is 12.8. The average molecular weight is 324 g/mol. The van der Waals surface area contributed by atoms with E-state index in [-0.39, 0.29) is 17.7 Å². The zero-order valence-corrected chi connectivity index (χ0v) is 13.6. The maximum absolute atomic E-state index is 12.7. The molecule has 22 heavy (non-hydrogen) atoms. The van der Waals surface area contributed by atoms with Crippen LogP contribution in [0.2, 0.25) is 5.02 Å². The van der Waals surface area contributed by atoms with Gasteiger partial charge >= 0.3 is 5.97 Å². The van der Waals surface area contributed by atoms with Gasteiger partial charge in [-0.2, -0.15) is 0 Å². The van der Waals surface area contributed by atoms with Crippen LogP contribution in [0.15, 0.2) is 24.3 Å². The smallest absolute Gasteiger partial charge is 0.306 e. The lowest BCUT2D eigenvalue weighted by molar-refractivity contribution is -0.145. The third-order valence-corrected chi connectivity index (χ3v) is 4.56. The molecule has 0 radical (unpaired) electrons. The summed E-state index contributed by atoms with van der Waals surface area (Å²) in [7, 11) is 0. The molecule has 1 amide bonds. The van der Waals surface area contributed by atoms with Crippen molar-refractivity contribution in [1.29, 1.82) is 0 Å². The van der Waals surface area contributed by atoms with E-state index in [0.29, 0.717) is 31.0 Å². The fourth-order valence-corrected chi connectivity index (χ4v) is 3.31. The monoisotopic (exact) mass is 323 g/mol. The molecule has 4 nitrogen and oxygen atoms in total. The van der Waals surface area contributed by atoms with Crippen LogP contribution in [-0.2, 0) is 16.1 Å². The van der Waals surface area contributed by atoms with Gasteiger partial charge in [0.25, 0.3) is 0 Å². The van der Waals surface area contributed by atoms with E-state index < -0.39 is 5.97 Å². The number of hydrogen-bond acceptors (Lipinski definition) is 2. The maximum Gasteiger partial charge on any atom is 0.306 e. The standard InChI is InChI=1S/C17H22ClNO3/c1-2-19(11-12-5-3-8-15(18)9-12)16(20)13-6-4-7-14(10-13)17(21)22/h3,5,8-9,13-14H,2,4,6-7,10-11H2,1H3,(H,21,22). The van der Waals surface area contributed by atoms with Crippen molar-refractivity contribution in [2.24, 2.45) is 11.8 Å². The average Bonchev–Trinajstić information content (AvgIpc) is 2.52. The van der Waals surface area contributed by atoms with Gasteiger partial charge in [-0.15, -0.1) is 0 Å². The van der Waals surface area contributed by atoms with Gasteiger partial charge < -0.3 is 10.0 Å². The topological polar surface area (TPSA) is 57.6 Å². The van der Waals surface area contributed by atoms with Crippen molar-refractivity contribution in [2.45, 2.75) is 39.2 Å². The number of amides is 1. The number of carbonyl (C=O) groups is 2. The lowest BCUT2D eigenvalue weighted by Crippen LogP contribution is -2.38. The van der Waals surface area contributed by atoms with Crippen molar-refractivity contribution in [3.05, 3.63) is 34.9 Å². The Balaban J connectivity index is 2.03. The molecular weight excluding hydrogens is 302 g/mol. The summed E-state index contributed by atoms with van der Waals surface area (Å²) >= 11 is 5.98. The molecule has 1 aromatic carbocycles. The van der Waals surface area contributed by atoms with E-state index in [1.807, 2.05) is 31.2 Å². The Bertz CT molecular complexity index is 546. The fourth-order valence-electron chi connectivity index (χ4n) is 3.10. The van der Waals surface area contributed by atoms with Crippen LogP contribution >= 0.6 is 11.6 Å². The SMILES string of the molecule is CCN(Cc1cccc(Cl)c1)C(=O)C1CCCC(C(=O)O)C1. The molecule has 1 aromatic rings. The van der Waals surface area contributed by atoms with Crippen LogP contribution in [0.5, 0.6) is 0 Å². The molecule has 0 saturated heterocycles. The summed E-state index contributed by atoms with van der Waals surface area (Å²) in [5, 5.41) is 9.82. The number of nitrogens with zero attached hydrogens (tertiary/aromatic N) is 1. The van der Waals surface area contributed by atoms with Crippen molar-refractivity contribution < 1.29 is 14.7 Å². The van der Waals surface area contributed by atoms with Crippen LogP contribution in [-0.4, -0.2) is 28.4 Å². The number of hydrogen-bond donors (Lipinski definition) is 1. The number of benzene rings is 1. The molecule has 0 aliphatic heterocycles. The Hall–Kier alpha value is -1.55. The molecule has 1 aliphatic rings. The van der Waals surface area contributed by atoms with Crippen LogP contribution in [0.1, 0.15) is 38.2 Å². The molecule has 1 N–H and O–H groups in total. The molecule has 0 heterocycles. The summed E-state index contributed by atoms with van der Waals surface area (Å²) in [4.78, 5) is 25.6. The fraction of sp³-hybridized carbons (Fsp3) is 0.529. The van der Waals surface area contributed by atoms with E-state index >= 15 is 0 Å². The summed E-state index contributed by atoms with van der Waals surface area (Å²) in [6.45, 7) is 3.07. The second-order valence-corrected chi connectivity index (χ2v) is 6.32. The van der Waals surface area contributed by atoms with Gasteiger partial charge in [-0.1, -0.05) is 30.2 Å². The quantitative estimate of drug-likeness (QED) is 0.901. The van der Waals surface area contributed by atoms with Gasteiger partial charge in [0, 0.05) is 24.0 Å². The highest BCUT2D eigenvalue weighted by molar-refractivity contribution is 6.30. The maximum atomic E-state index is 12.7. The molecule has 2 rings (SSSR count). The van der Waals surface area contributed by atoms with Crippen molar-refractivity contribution in [3.63, 3.8) is 0 Å². The molecule has 2 unspecified atom stereocenters. The van der Waals surface area contributed by atoms with Crippen LogP contribution in [0.25, 0.3) is 0 Å². The Morgan fingerprint density at radius 3 is 2.68 bits per heavy atom. The van der Waals surface area contributed by atoms with Crippen LogP contribution in [0.4, 0.5) is 0 Å². The summed E-state index contributed by atoms with van der Waals surface area (Å²) in [5.74, 6) is -1.27. The van der Waals surface area contributed by atoms with Gasteiger partial charge in [-0.3, -0.25) is 9.59 Å². The molecule has 5 heteroatoms. The number of rotatable bonds is 5. The first kappa shape index (κ1) is 16.8. The van der Waals surface area contributed by atoms with Gasteiger partial charge in [0.1, 0.15) is 0 Å². The second kappa shape index (κ2) is 7.63. The van der Waals surface area contributed by atoms with Crippen LogP contribution < -0.4 is 0 Å². The minimum atomic E-state index is -0.782. The summed E-state index contributed by atoms with van der Waals surface area (Å²) in [6, 6.07) is 7.49. The van der Waals surface area contributed by atoms with E-state index in [9.17, 15) is 9.59 Å². The van der Waals surface area contributed by atoms with Gasteiger partial charge in [0.2, 0.25) is 5.91 Å². The van der Waals surface area contributed by atoms with Gasteiger partial charge in [-0.25, -0.2) is 0 Å². The minimum absolute atomic E-state index is 0.0634. The lowest BCUT2D eigenvalue weighted by Gasteiger charge is -2.31. The lowest BCUT2D eigenvalue weighted by atomic mass is 9.80. The number of aliphatic carboxylic acids is 1. The molecule has 1 fully saturated rings. The van der Waals surface area contributed by atoms with Crippen molar-refractivity contribution >= 4 is 23.5 Å². The number of carboxylic acid groups (broad SMARTS) is 1. The third-order valence-electron chi connectivity index (χ3n) is 4.33. The highest BCUT2D eigenvalue weighted by Gasteiger charge is 2.32. The Labute approximate surface area is 136 Å². The molecule has 0 bridgehead atoms. The van der Waals surface area contributed by atoms with Crippen molar-refractivity contribution in [2.75, 3.05) is 6.54 Å². The Morgan fingerprint density at radius 2 is 2.05 bits per heavy atom. The largest absolute Gasteiger partial charge is 0.481 e. The summed E-state index contributed by atoms with van der Waals surface area (Å²) in [5.41, 5.74) is 0.994. The molecule has 0 aromatic heterocycles. The highest BCUT2D eigenvalue weighted by atomic mass is 35.5. The van der Waals surface area contributed by atoms with E-state index in [2.05, 4.69) is 0 Å². The molecule has 1 saturated carbocycles. The van der Waals surface area contributed by atoms with Crippen LogP contribution in [0, 0.1) is 11.8 Å². The summed E-state index contributed by atoms with van der Waals surface area (Å²) in [6.07, 6.45) is 2.73. The summed E-state index contributed by atoms with van der Waals surface area (Å²) < 4.78 is 0. The zero-order chi connectivity index (χ0) is 16.1. The van der Waals surface area contributed by atoms with Crippen molar-refractivity contribution in [3.8, 4) is 0 Å². The molecule has 0 spiro atoms. The molecular formula is C17H22ClNO3. The van der Waals surface area contributed by atoms with Crippen LogP contribution in [0.3, 0.4) is 0 Å². The second-order valence-electron chi connectivity index (χ2n) is 5.88. The van der Waals surface area contributed by atoms with Gasteiger partial charge in [0.05, 0.1) is 5.92 Å². The predicted molar refractivity (Wildman–Crippen MR) is 85.6 cm³/mol. The van der Waals surface area contributed by atoms with E-state index in [1.165, 1.54) is 0 Å². The minimum Gasteiger partial charge on any atom is -0.481 e. The molecule has 1 aliphatic carbocycles.